The van der Waals surface area contributed by atoms with E-state index in [1.807, 2.05) is 42.5 Å². The fraction of sp³-hybridized carbons (Fsp3) is 0.222. The first-order chi connectivity index (χ1) is 11.8. The molecule has 1 saturated carbocycles. The maximum atomic E-state index is 12.0. The van der Waals surface area contributed by atoms with E-state index in [0.29, 0.717) is 17.6 Å². The number of nitrogens with zero attached hydrogens (tertiary/aromatic N) is 3. The normalized spacial score (nSPS) is 13.7. The van der Waals surface area contributed by atoms with Gasteiger partial charge in [0, 0.05) is 29.1 Å². The van der Waals surface area contributed by atoms with E-state index in [0.717, 1.165) is 16.9 Å². The molecule has 2 aromatic heterocycles. The topological polar surface area (TPSA) is 80.9 Å². The van der Waals surface area contributed by atoms with Crippen molar-refractivity contribution >= 4 is 11.6 Å². The van der Waals surface area contributed by atoms with Crippen LogP contribution in [0.15, 0.2) is 53.2 Å². The summed E-state index contributed by atoms with van der Waals surface area (Å²) in [4.78, 5) is 20.7. The fourth-order valence-corrected chi connectivity index (χ4v) is 2.50. The molecule has 0 saturated heterocycles. The van der Waals surface area contributed by atoms with Gasteiger partial charge in [0.2, 0.25) is 17.6 Å². The first-order valence-corrected chi connectivity index (χ1v) is 7.92. The molecule has 3 aromatic rings. The quantitative estimate of drug-likeness (QED) is 0.781. The lowest BCUT2D eigenvalue weighted by Crippen LogP contribution is -2.14. The molecule has 1 fully saturated rings. The van der Waals surface area contributed by atoms with E-state index in [1.165, 1.54) is 12.8 Å². The summed E-state index contributed by atoms with van der Waals surface area (Å²) in [6.45, 7) is 0. The van der Waals surface area contributed by atoms with Crippen LogP contribution in [0.1, 0.15) is 30.3 Å². The van der Waals surface area contributed by atoms with Crippen LogP contribution in [-0.2, 0) is 11.2 Å². The smallest absolute Gasteiger partial charge is 0.236 e. The molecule has 6 nitrogen and oxygen atoms in total. The number of carbonyl (C=O) groups excluding carboxylic acids is 1. The molecule has 1 aliphatic rings. The van der Waals surface area contributed by atoms with Gasteiger partial charge < -0.3 is 9.84 Å². The monoisotopic (exact) mass is 320 g/mol. The number of hydrogen-bond donors (Lipinski definition) is 1. The molecular formula is C18H16N4O2. The zero-order chi connectivity index (χ0) is 16.4. The molecule has 1 aromatic carbocycles. The van der Waals surface area contributed by atoms with Gasteiger partial charge in [-0.05, 0) is 37.1 Å². The van der Waals surface area contributed by atoms with Crippen LogP contribution in [0, 0.1) is 0 Å². The number of rotatable bonds is 5. The van der Waals surface area contributed by atoms with Gasteiger partial charge >= 0.3 is 0 Å². The summed E-state index contributed by atoms with van der Waals surface area (Å²) in [5.74, 6) is 1.16. The van der Waals surface area contributed by atoms with E-state index in [-0.39, 0.29) is 12.3 Å². The molecule has 0 radical (unpaired) electrons. The zero-order valence-electron chi connectivity index (χ0n) is 13.0. The number of benzene rings is 1. The first-order valence-electron chi connectivity index (χ1n) is 7.92. The summed E-state index contributed by atoms with van der Waals surface area (Å²) >= 11 is 0. The maximum absolute atomic E-state index is 12.0. The summed E-state index contributed by atoms with van der Waals surface area (Å²) in [5, 5.41) is 6.77. The number of amides is 1. The van der Waals surface area contributed by atoms with Crippen LogP contribution in [0.5, 0.6) is 0 Å². The Kier molecular flexibility index (Phi) is 3.78. The standard InChI is InChI=1S/C18H16N4O2/c23-16(20-14-4-2-1-3-5-14)11-17-21-18(22-24-17)13-8-9-19-15(10-13)12-6-7-12/h1-5,8-10,12H,6-7,11H2,(H,20,23). The van der Waals surface area contributed by atoms with Crippen molar-refractivity contribution < 1.29 is 9.32 Å². The van der Waals surface area contributed by atoms with E-state index in [4.69, 9.17) is 4.52 Å². The fourth-order valence-electron chi connectivity index (χ4n) is 2.50. The van der Waals surface area contributed by atoms with Gasteiger partial charge in [0.15, 0.2) is 0 Å². The molecule has 0 bridgehead atoms. The summed E-state index contributed by atoms with van der Waals surface area (Å²) in [7, 11) is 0. The SMILES string of the molecule is O=C(Cc1nc(-c2ccnc(C3CC3)c2)no1)Nc1ccccc1. The third-order valence-electron chi connectivity index (χ3n) is 3.87. The van der Waals surface area contributed by atoms with Crippen molar-refractivity contribution in [2.24, 2.45) is 0 Å². The molecule has 24 heavy (non-hydrogen) atoms. The van der Waals surface area contributed by atoms with Crippen molar-refractivity contribution in [2.75, 3.05) is 5.32 Å². The van der Waals surface area contributed by atoms with Gasteiger partial charge in [0.05, 0.1) is 0 Å². The highest BCUT2D eigenvalue weighted by Gasteiger charge is 2.25. The van der Waals surface area contributed by atoms with Gasteiger partial charge in [-0.3, -0.25) is 9.78 Å². The Labute approximate surface area is 138 Å². The van der Waals surface area contributed by atoms with E-state index in [2.05, 4.69) is 20.4 Å². The largest absolute Gasteiger partial charge is 0.338 e. The minimum Gasteiger partial charge on any atom is -0.338 e. The van der Waals surface area contributed by atoms with Crippen LogP contribution in [-0.4, -0.2) is 21.0 Å². The summed E-state index contributed by atoms with van der Waals surface area (Å²) < 4.78 is 5.20. The summed E-state index contributed by atoms with van der Waals surface area (Å²) in [6.07, 6.45) is 4.19. The minimum absolute atomic E-state index is 0.0441. The van der Waals surface area contributed by atoms with Crippen LogP contribution in [0.25, 0.3) is 11.4 Å². The second-order valence-electron chi connectivity index (χ2n) is 5.85. The van der Waals surface area contributed by atoms with Crippen molar-refractivity contribution in [3.05, 3.63) is 60.2 Å². The molecule has 1 N–H and O–H groups in total. The van der Waals surface area contributed by atoms with Gasteiger partial charge in [-0.1, -0.05) is 23.4 Å². The van der Waals surface area contributed by atoms with Gasteiger partial charge in [-0.15, -0.1) is 0 Å². The molecule has 2 heterocycles. The molecule has 0 aliphatic heterocycles. The lowest BCUT2D eigenvalue weighted by atomic mass is 10.2. The van der Waals surface area contributed by atoms with E-state index >= 15 is 0 Å². The Hall–Kier alpha value is -3.02. The Morgan fingerprint density at radius 2 is 2.04 bits per heavy atom. The van der Waals surface area contributed by atoms with E-state index < -0.39 is 0 Å². The second kappa shape index (κ2) is 6.23. The molecule has 0 spiro atoms. The van der Waals surface area contributed by atoms with Crippen LogP contribution in [0.2, 0.25) is 0 Å². The van der Waals surface area contributed by atoms with E-state index in [1.54, 1.807) is 6.20 Å². The lowest BCUT2D eigenvalue weighted by Gasteiger charge is -2.02. The predicted molar refractivity (Wildman–Crippen MR) is 88.3 cm³/mol. The third kappa shape index (κ3) is 3.32. The van der Waals surface area contributed by atoms with Gasteiger partial charge in [-0.2, -0.15) is 4.98 Å². The number of anilines is 1. The average Bonchev–Trinajstić information content (AvgIpc) is 3.36. The van der Waals surface area contributed by atoms with Crippen LogP contribution < -0.4 is 5.32 Å². The maximum Gasteiger partial charge on any atom is 0.236 e. The van der Waals surface area contributed by atoms with Crippen molar-refractivity contribution in [2.45, 2.75) is 25.2 Å². The number of nitrogens with one attached hydrogen (secondary N) is 1. The van der Waals surface area contributed by atoms with Crippen molar-refractivity contribution in [3.63, 3.8) is 0 Å². The summed E-state index contributed by atoms with van der Waals surface area (Å²) in [5.41, 5.74) is 2.68. The molecular weight excluding hydrogens is 304 g/mol. The number of aromatic nitrogens is 3. The van der Waals surface area contributed by atoms with Crippen molar-refractivity contribution in [1.29, 1.82) is 0 Å². The Morgan fingerprint density at radius 1 is 1.21 bits per heavy atom. The number of pyridine rings is 1. The minimum atomic E-state index is -0.190. The molecule has 0 atom stereocenters. The molecule has 4 rings (SSSR count). The number of carbonyl (C=O) groups is 1. The highest BCUT2D eigenvalue weighted by molar-refractivity contribution is 5.91. The van der Waals surface area contributed by atoms with Gasteiger partial charge in [0.25, 0.3) is 0 Å². The first kappa shape index (κ1) is 14.6. The van der Waals surface area contributed by atoms with Crippen LogP contribution >= 0.6 is 0 Å². The zero-order valence-corrected chi connectivity index (χ0v) is 13.0. The highest BCUT2D eigenvalue weighted by Crippen LogP contribution is 2.39. The average molecular weight is 320 g/mol. The van der Waals surface area contributed by atoms with Crippen molar-refractivity contribution in [3.8, 4) is 11.4 Å². The predicted octanol–water partition coefficient (Wildman–Crippen LogP) is 3.19. The van der Waals surface area contributed by atoms with Gasteiger partial charge in [0.1, 0.15) is 6.42 Å². The van der Waals surface area contributed by atoms with Crippen LogP contribution in [0.4, 0.5) is 5.69 Å². The Balaban J connectivity index is 1.44. The molecule has 120 valence electrons. The van der Waals surface area contributed by atoms with E-state index in [9.17, 15) is 4.79 Å². The molecule has 0 unspecified atom stereocenters. The lowest BCUT2D eigenvalue weighted by molar-refractivity contribution is -0.115. The highest BCUT2D eigenvalue weighted by atomic mass is 16.5. The molecule has 1 aliphatic carbocycles. The van der Waals surface area contributed by atoms with Crippen LogP contribution in [0.3, 0.4) is 0 Å². The Bertz CT molecular complexity index is 856. The Morgan fingerprint density at radius 3 is 2.83 bits per heavy atom. The molecule has 1 amide bonds. The van der Waals surface area contributed by atoms with Gasteiger partial charge in [-0.25, -0.2) is 0 Å². The second-order valence-corrected chi connectivity index (χ2v) is 5.85. The number of para-hydroxylation sites is 1. The summed E-state index contributed by atoms with van der Waals surface area (Å²) in [6, 6.07) is 13.1. The molecule has 6 heteroatoms. The van der Waals surface area contributed by atoms with Crippen molar-refractivity contribution in [1.82, 2.24) is 15.1 Å². The third-order valence-corrected chi connectivity index (χ3v) is 3.87. The number of hydrogen-bond acceptors (Lipinski definition) is 5.